The van der Waals surface area contributed by atoms with Crippen molar-refractivity contribution in [3.63, 3.8) is 0 Å². The van der Waals surface area contributed by atoms with Crippen molar-refractivity contribution in [1.82, 2.24) is 0 Å². The molecule has 0 fully saturated rings. The zero-order valence-corrected chi connectivity index (χ0v) is 8.39. The van der Waals surface area contributed by atoms with E-state index < -0.39 is 23.6 Å². The average molecular weight is 255 g/mol. The molecule has 88 valence electrons. The van der Waals surface area contributed by atoms with Gasteiger partial charge in [-0.15, -0.1) is 13.2 Å². The SMILES string of the molecule is NC(=O)c1c(N)cc(Cl)cc1OC(F)(F)F. The van der Waals surface area contributed by atoms with Crippen LogP contribution in [0.1, 0.15) is 10.4 Å². The van der Waals surface area contributed by atoms with Gasteiger partial charge in [-0.1, -0.05) is 11.6 Å². The topological polar surface area (TPSA) is 78.3 Å². The van der Waals surface area contributed by atoms with Crippen LogP contribution in [0.25, 0.3) is 0 Å². The van der Waals surface area contributed by atoms with E-state index in [4.69, 9.17) is 23.1 Å². The third kappa shape index (κ3) is 2.93. The molecule has 0 bridgehead atoms. The number of rotatable bonds is 2. The monoisotopic (exact) mass is 254 g/mol. The van der Waals surface area contributed by atoms with Crippen molar-refractivity contribution < 1.29 is 22.7 Å². The lowest BCUT2D eigenvalue weighted by molar-refractivity contribution is -0.274. The normalized spacial score (nSPS) is 11.2. The lowest BCUT2D eigenvalue weighted by atomic mass is 10.1. The zero-order valence-electron chi connectivity index (χ0n) is 7.64. The van der Waals surface area contributed by atoms with E-state index in [1.807, 2.05) is 0 Å². The Hall–Kier alpha value is -1.63. The van der Waals surface area contributed by atoms with Crippen molar-refractivity contribution in [1.29, 1.82) is 0 Å². The van der Waals surface area contributed by atoms with E-state index in [0.717, 1.165) is 12.1 Å². The minimum Gasteiger partial charge on any atom is -0.405 e. The second-order valence-electron chi connectivity index (χ2n) is 2.78. The van der Waals surface area contributed by atoms with E-state index in [9.17, 15) is 18.0 Å². The zero-order chi connectivity index (χ0) is 12.5. The van der Waals surface area contributed by atoms with Crippen LogP contribution in [0.15, 0.2) is 12.1 Å². The number of hydrogen-bond donors (Lipinski definition) is 2. The van der Waals surface area contributed by atoms with E-state index in [-0.39, 0.29) is 10.7 Å². The number of carbonyl (C=O) groups is 1. The maximum atomic E-state index is 12.0. The highest BCUT2D eigenvalue weighted by molar-refractivity contribution is 6.31. The molecule has 0 heterocycles. The van der Waals surface area contributed by atoms with E-state index in [1.165, 1.54) is 0 Å². The number of ether oxygens (including phenoxy) is 1. The number of amides is 1. The van der Waals surface area contributed by atoms with Crippen LogP contribution >= 0.6 is 11.6 Å². The van der Waals surface area contributed by atoms with E-state index >= 15 is 0 Å². The first kappa shape index (κ1) is 12.4. The fourth-order valence-electron chi connectivity index (χ4n) is 1.07. The Labute approximate surface area is 92.9 Å². The van der Waals surface area contributed by atoms with Crippen LogP contribution in [0.5, 0.6) is 5.75 Å². The summed E-state index contributed by atoms with van der Waals surface area (Å²) < 4.78 is 39.6. The van der Waals surface area contributed by atoms with Gasteiger partial charge in [0.25, 0.3) is 5.91 Å². The number of benzene rings is 1. The summed E-state index contributed by atoms with van der Waals surface area (Å²) in [5.74, 6) is -1.95. The fraction of sp³-hybridized carbons (Fsp3) is 0.125. The third-order valence-corrected chi connectivity index (χ3v) is 1.79. The summed E-state index contributed by atoms with van der Waals surface area (Å²) in [5, 5.41) is -0.0956. The molecular formula is C8H6ClF3N2O2. The molecule has 0 atom stereocenters. The maximum absolute atomic E-state index is 12.0. The van der Waals surface area contributed by atoms with Gasteiger partial charge in [-0.05, 0) is 6.07 Å². The minimum absolute atomic E-state index is 0.0956. The second kappa shape index (κ2) is 4.09. The number of alkyl halides is 3. The van der Waals surface area contributed by atoms with Gasteiger partial charge in [0.1, 0.15) is 11.3 Å². The molecule has 16 heavy (non-hydrogen) atoms. The first-order chi connectivity index (χ1) is 7.20. The molecule has 0 aliphatic heterocycles. The summed E-state index contributed by atoms with van der Waals surface area (Å²) in [7, 11) is 0. The second-order valence-corrected chi connectivity index (χ2v) is 3.22. The largest absolute Gasteiger partial charge is 0.573 e. The van der Waals surface area contributed by atoms with Gasteiger partial charge in [-0.2, -0.15) is 0 Å². The molecular weight excluding hydrogens is 249 g/mol. The van der Waals surface area contributed by atoms with Gasteiger partial charge in [0, 0.05) is 16.8 Å². The molecule has 0 saturated carbocycles. The molecule has 0 aromatic heterocycles. The Morgan fingerprint density at radius 3 is 2.38 bits per heavy atom. The number of nitrogen functional groups attached to an aromatic ring is 1. The van der Waals surface area contributed by atoms with E-state index in [1.54, 1.807) is 0 Å². The molecule has 1 aromatic carbocycles. The fourth-order valence-corrected chi connectivity index (χ4v) is 1.29. The number of hydrogen-bond acceptors (Lipinski definition) is 3. The standard InChI is InChI=1S/C8H6ClF3N2O2/c9-3-1-4(13)6(7(14)15)5(2-3)16-8(10,11)12/h1-2H,13H2,(H2,14,15). The van der Waals surface area contributed by atoms with Gasteiger partial charge < -0.3 is 16.2 Å². The van der Waals surface area contributed by atoms with Gasteiger partial charge >= 0.3 is 6.36 Å². The molecule has 1 aromatic rings. The van der Waals surface area contributed by atoms with Crippen LogP contribution in [0.2, 0.25) is 5.02 Å². The number of halogens is 4. The van der Waals surface area contributed by atoms with Gasteiger partial charge in [0.15, 0.2) is 0 Å². The first-order valence-corrected chi connectivity index (χ1v) is 4.23. The molecule has 0 radical (unpaired) electrons. The van der Waals surface area contributed by atoms with Gasteiger partial charge in [0.2, 0.25) is 0 Å². The molecule has 8 heteroatoms. The molecule has 0 unspecified atom stereocenters. The van der Waals surface area contributed by atoms with Crippen LogP contribution in [-0.2, 0) is 0 Å². The smallest absolute Gasteiger partial charge is 0.405 e. The molecule has 1 rings (SSSR count). The highest BCUT2D eigenvalue weighted by Gasteiger charge is 2.33. The lowest BCUT2D eigenvalue weighted by Crippen LogP contribution is -2.22. The van der Waals surface area contributed by atoms with Gasteiger partial charge in [0.05, 0.1) is 0 Å². The Morgan fingerprint density at radius 2 is 1.94 bits per heavy atom. The van der Waals surface area contributed by atoms with Crippen molar-refractivity contribution in [2.24, 2.45) is 5.73 Å². The highest BCUT2D eigenvalue weighted by Crippen LogP contribution is 2.32. The average Bonchev–Trinajstić information content (AvgIpc) is 1.96. The minimum atomic E-state index is -4.96. The summed E-state index contributed by atoms with van der Waals surface area (Å²) in [6.45, 7) is 0. The van der Waals surface area contributed by atoms with Gasteiger partial charge in [-0.25, -0.2) is 0 Å². The highest BCUT2D eigenvalue weighted by atomic mass is 35.5. The van der Waals surface area contributed by atoms with Gasteiger partial charge in [-0.3, -0.25) is 4.79 Å². The van der Waals surface area contributed by atoms with Crippen molar-refractivity contribution in [3.05, 3.63) is 22.7 Å². The summed E-state index contributed by atoms with van der Waals surface area (Å²) in [6.07, 6.45) is -4.96. The summed E-state index contributed by atoms with van der Waals surface area (Å²) >= 11 is 5.48. The summed E-state index contributed by atoms with van der Waals surface area (Å²) in [4.78, 5) is 10.9. The number of anilines is 1. The Balaban J connectivity index is 3.30. The van der Waals surface area contributed by atoms with Crippen LogP contribution in [-0.4, -0.2) is 12.3 Å². The molecule has 4 nitrogen and oxygen atoms in total. The van der Waals surface area contributed by atoms with E-state index in [0.29, 0.717) is 0 Å². The van der Waals surface area contributed by atoms with Crippen LogP contribution in [0.3, 0.4) is 0 Å². The first-order valence-electron chi connectivity index (χ1n) is 3.85. The Kier molecular flexibility index (Phi) is 3.18. The van der Waals surface area contributed by atoms with Crippen molar-refractivity contribution in [3.8, 4) is 5.75 Å². The van der Waals surface area contributed by atoms with Crippen molar-refractivity contribution in [2.75, 3.05) is 5.73 Å². The predicted molar refractivity (Wildman–Crippen MR) is 51.1 cm³/mol. The molecule has 4 N–H and O–H groups in total. The number of carbonyl (C=O) groups excluding carboxylic acids is 1. The molecule has 1 amide bonds. The molecule has 0 saturated heterocycles. The molecule has 0 spiro atoms. The summed E-state index contributed by atoms with van der Waals surface area (Å²) in [6, 6.07) is 1.91. The van der Waals surface area contributed by atoms with Crippen LogP contribution in [0, 0.1) is 0 Å². The maximum Gasteiger partial charge on any atom is 0.573 e. The lowest BCUT2D eigenvalue weighted by Gasteiger charge is -2.13. The molecule has 0 aliphatic carbocycles. The number of nitrogens with two attached hydrogens (primary N) is 2. The van der Waals surface area contributed by atoms with E-state index in [2.05, 4.69) is 4.74 Å². The van der Waals surface area contributed by atoms with Crippen LogP contribution < -0.4 is 16.2 Å². The van der Waals surface area contributed by atoms with Crippen molar-refractivity contribution in [2.45, 2.75) is 6.36 Å². The number of primary amides is 1. The van der Waals surface area contributed by atoms with Crippen LogP contribution in [0.4, 0.5) is 18.9 Å². The quantitative estimate of drug-likeness (QED) is 0.792. The third-order valence-electron chi connectivity index (χ3n) is 1.57. The van der Waals surface area contributed by atoms with Crippen molar-refractivity contribution >= 4 is 23.2 Å². The Morgan fingerprint density at radius 1 is 1.38 bits per heavy atom. The molecule has 0 aliphatic rings. The summed E-state index contributed by atoms with van der Waals surface area (Å²) in [5.41, 5.74) is 9.35. The Bertz CT molecular complexity index is 434. The predicted octanol–water partition coefficient (Wildman–Crippen LogP) is 1.92.